The first-order chi connectivity index (χ1) is 11.1. The number of ether oxygens (including phenoxy) is 2. The van der Waals surface area contributed by atoms with Crippen LogP contribution in [0.1, 0.15) is 31.2 Å². The van der Waals surface area contributed by atoms with Gasteiger partial charge >= 0.3 is 5.97 Å². The van der Waals surface area contributed by atoms with Crippen LogP contribution in [-0.2, 0) is 9.53 Å². The summed E-state index contributed by atoms with van der Waals surface area (Å²) < 4.78 is 10.8. The molecule has 4 heteroatoms. The van der Waals surface area contributed by atoms with Gasteiger partial charge in [-0.1, -0.05) is 18.6 Å². The van der Waals surface area contributed by atoms with Crippen molar-refractivity contribution in [1.82, 2.24) is 0 Å². The van der Waals surface area contributed by atoms with Gasteiger partial charge in [-0.25, -0.2) is 4.79 Å². The van der Waals surface area contributed by atoms with Crippen LogP contribution in [0, 0.1) is 5.92 Å². The third-order valence-electron chi connectivity index (χ3n) is 4.30. The van der Waals surface area contributed by atoms with Gasteiger partial charge in [0, 0.05) is 12.0 Å². The van der Waals surface area contributed by atoms with Crippen molar-refractivity contribution in [3.8, 4) is 5.75 Å². The van der Waals surface area contributed by atoms with E-state index < -0.39 is 0 Å². The summed E-state index contributed by atoms with van der Waals surface area (Å²) in [5.41, 5.74) is 0.959. The van der Waals surface area contributed by atoms with E-state index in [1.165, 1.54) is 17.4 Å². The lowest BCUT2D eigenvalue weighted by atomic mass is 9.86. The summed E-state index contributed by atoms with van der Waals surface area (Å²) in [5, 5.41) is 0. The van der Waals surface area contributed by atoms with E-state index in [0.717, 1.165) is 37.1 Å². The number of hydrogen-bond donors (Lipinski definition) is 1. The largest absolute Gasteiger partial charge is 0.497 e. The van der Waals surface area contributed by atoms with Crippen molar-refractivity contribution in [1.29, 1.82) is 0 Å². The molecule has 1 aromatic carbocycles. The summed E-state index contributed by atoms with van der Waals surface area (Å²) in [4.78, 5) is 13.5. The van der Waals surface area contributed by atoms with Crippen molar-refractivity contribution in [2.24, 2.45) is 5.92 Å². The Morgan fingerprint density at radius 3 is 2.57 bits per heavy atom. The lowest BCUT2D eigenvalue weighted by molar-refractivity contribution is -0.862. The van der Waals surface area contributed by atoms with E-state index >= 15 is 0 Å². The fourth-order valence-electron chi connectivity index (χ4n) is 3.15. The molecule has 1 saturated carbocycles. The van der Waals surface area contributed by atoms with Crippen LogP contribution >= 0.6 is 0 Å². The van der Waals surface area contributed by atoms with Crippen LogP contribution in [0.15, 0.2) is 30.3 Å². The maximum Gasteiger partial charge on any atom is 0.331 e. The zero-order chi connectivity index (χ0) is 16.7. The second kappa shape index (κ2) is 8.73. The zero-order valence-corrected chi connectivity index (χ0v) is 14.4. The first-order valence-electron chi connectivity index (χ1n) is 8.40. The molecule has 0 aliphatic heterocycles. The minimum Gasteiger partial charge on any atom is -0.497 e. The minimum absolute atomic E-state index is 0.0617. The molecule has 0 bridgehead atoms. The van der Waals surface area contributed by atoms with Crippen LogP contribution in [0.2, 0.25) is 0 Å². The number of carbonyl (C=O) groups excluding carboxylic acids is 1. The standard InChI is InChI=1S/C19H27NO3/c1-20(2)14-16-6-4-5-7-18(16)23-19(21)13-10-15-8-11-17(22-3)12-9-15/h8-13,16,18H,4-7,14H2,1-3H3/p+1/b13-10+/t16-,18+/m1/s1. The van der Waals surface area contributed by atoms with Crippen molar-refractivity contribution in [3.05, 3.63) is 35.9 Å². The molecule has 1 aliphatic rings. The molecule has 126 valence electrons. The Morgan fingerprint density at radius 2 is 1.91 bits per heavy atom. The van der Waals surface area contributed by atoms with Crippen molar-refractivity contribution < 1.29 is 19.2 Å². The number of benzene rings is 1. The maximum atomic E-state index is 12.1. The third-order valence-corrected chi connectivity index (χ3v) is 4.30. The number of carbonyl (C=O) groups is 1. The molecule has 0 aromatic heterocycles. The van der Waals surface area contributed by atoms with Gasteiger partial charge in [0.2, 0.25) is 0 Å². The molecule has 0 unspecified atom stereocenters. The first-order valence-corrected chi connectivity index (χ1v) is 8.40. The zero-order valence-electron chi connectivity index (χ0n) is 14.4. The molecule has 0 saturated heterocycles. The average Bonchev–Trinajstić information content (AvgIpc) is 2.55. The topological polar surface area (TPSA) is 40.0 Å². The number of hydrogen-bond acceptors (Lipinski definition) is 3. The number of rotatable bonds is 6. The normalized spacial score (nSPS) is 21.6. The number of quaternary nitrogens is 1. The molecule has 2 rings (SSSR count). The van der Waals surface area contributed by atoms with E-state index in [4.69, 9.17) is 9.47 Å². The lowest BCUT2D eigenvalue weighted by Gasteiger charge is -2.31. The van der Waals surface area contributed by atoms with Gasteiger partial charge in [0.25, 0.3) is 0 Å². The maximum absolute atomic E-state index is 12.1. The van der Waals surface area contributed by atoms with E-state index in [1.807, 2.05) is 24.3 Å². The Bertz CT molecular complexity index is 522. The smallest absolute Gasteiger partial charge is 0.331 e. The summed E-state index contributed by atoms with van der Waals surface area (Å²) in [6, 6.07) is 7.59. The number of methoxy groups -OCH3 is 1. The van der Waals surface area contributed by atoms with Crippen LogP contribution in [0.5, 0.6) is 5.75 Å². The van der Waals surface area contributed by atoms with Crippen LogP contribution < -0.4 is 9.64 Å². The van der Waals surface area contributed by atoms with E-state index in [2.05, 4.69) is 14.1 Å². The molecule has 0 radical (unpaired) electrons. The van der Waals surface area contributed by atoms with Crippen molar-refractivity contribution in [3.63, 3.8) is 0 Å². The second-order valence-electron chi connectivity index (χ2n) is 6.54. The molecule has 2 atom stereocenters. The second-order valence-corrected chi connectivity index (χ2v) is 6.54. The number of esters is 1. The van der Waals surface area contributed by atoms with Crippen molar-refractivity contribution >= 4 is 12.0 Å². The van der Waals surface area contributed by atoms with Crippen molar-refractivity contribution in [2.45, 2.75) is 31.8 Å². The molecule has 0 spiro atoms. The van der Waals surface area contributed by atoms with Gasteiger partial charge in [0.05, 0.1) is 27.7 Å². The van der Waals surface area contributed by atoms with Gasteiger partial charge in [0.1, 0.15) is 11.9 Å². The monoisotopic (exact) mass is 318 g/mol. The molecule has 1 fully saturated rings. The highest BCUT2D eigenvalue weighted by molar-refractivity contribution is 5.87. The van der Waals surface area contributed by atoms with Gasteiger partial charge in [0.15, 0.2) is 0 Å². The summed E-state index contributed by atoms with van der Waals surface area (Å²) in [6.45, 7) is 1.06. The fourth-order valence-corrected chi connectivity index (χ4v) is 3.15. The van der Waals surface area contributed by atoms with E-state index in [0.29, 0.717) is 5.92 Å². The molecular formula is C19H28NO3+. The van der Waals surface area contributed by atoms with Gasteiger partial charge in [-0.2, -0.15) is 0 Å². The van der Waals surface area contributed by atoms with E-state index in [-0.39, 0.29) is 12.1 Å². The van der Waals surface area contributed by atoms with Crippen molar-refractivity contribution in [2.75, 3.05) is 27.7 Å². The average molecular weight is 318 g/mol. The van der Waals surface area contributed by atoms with E-state index in [9.17, 15) is 4.79 Å². The highest BCUT2D eigenvalue weighted by Gasteiger charge is 2.29. The summed E-state index contributed by atoms with van der Waals surface area (Å²) >= 11 is 0. The van der Waals surface area contributed by atoms with Gasteiger partial charge in [-0.05, 0) is 43.0 Å². The van der Waals surface area contributed by atoms with Crippen LogP contribution in [0.3, 0.4) is 0 Å². The molecular weight excluding hydrogens is 290 g/mol. The molecule has 23 heavy (non-hydrogen) atoms. The molecule has 0 heterocycles. The Morgan fingerprint density at radius 1 is 1.22 bits per heavy atom. The molecule has 1 aliphatic carbocycles. The Hall–Kier alpha value is -1.81. The van der Waals surface area contributed by atoms with Crippen LogP contribution in [-0.4, -0.2) is 39.8 Å². The first kappa shape index (κ1) is 17.5. The minimum atomic E-state index is -0.244. The quantitative estimate of drug-likeness (QED) is 0.644. The third kappa shape index (κ3) is 5.71. The summed E-state index contributed by atoms with van der Waals surface area (Å²) in [7, 11) is 5.94. The molecule has 1 aromatic rings. The van der Waals surface area contributed by atoms with Gasteiger partial charge < -0.3 is 14.4 Å². The molecule has 1 N–H and O–H groups in total. The van der Waals surface area contributed by atoms with Gasteiger partial charge in [-0.3, -0.25) is 0 Å². The highest BCUT2D eigenvalue weighted by atomic mass is 16.5. The van der Waals surface area contributed by atoms with E-state index in [1.54, 1.807) is 13.2 Å². The Balaban J connectivity index is 1.90. The Labute approximate surface area is 139 Å². The highest BCUT2D eigenvalue weighted by Crippen LogP contribution is 2.26. The number of nitrogens with one attached hydrogen (secondary N) is 1. The fraction of sp³-hybridized carbons (Fsp3) is 0.526. The summed E-state index contributed by atoms with van der Waals surface area (Å²) in [6.07, 6.45) is 7.91. The van der Waals surface area contributed by atoms with Gasteiger partial charge in [-0.15, -0.1) is 0 Å². The lowest BCUT2D eigenvalue weighted by Crippen LogP contribution is -3.06. The van der Waals surface area contributed by atoms with Crippen LogP contribution in [0.25, 0.3) is 6.08 Å². The predicted octanol–water partition coefficient (Wildman–Crippen LogP) is 1.95. The summed E-state index contributed by atoms with van der Waals surface area (Å²) in [5.74, 6) is 1.04. The molecule has 4 nitrogen and oxygen atoms in total. The SMILES string of the molecule is COc1ccc(/C=C/C(=O)O[C@H]2CCCC[C@@H]2C[NH+](C)C)cc1. The molecule has 0 amide bonds. The van der Waals surface area contributed by atoms with Crippen LogP contribution in [0.4, 0.5) is 0 Å². The Kier molecular flexibility index (Phi) is 6.66. The predicted molar refractivity (Wildman–Crippen MR) is 91.5 cm³/mol.